The first kappa shape index (κ1) is 20.9. The van der Waals surface area contributed by atoms with Gasteiger partial charge in [0.2, 0.25) is 0 Å². The molecule has 0 atom stereocenters. The van der Waals surface area contributed by atoms with Crippen LogP contribution in [0.25, 0.3) is 38.1 Å². The molecule has 0 aliphatic heterocycles. The smallest absolute Gasteiger partial charge is 0.263 e. The van der Waals surface area contributed by atoms with Gasteiger partial charge in [0.15, 0.2) is 6.61 Å². The molecule has 5 aromatic rings. The molecule has 0 bridgehead atoms. The maximum atomic E-state index is 13.5. The lowest BCUT2D eigenvalue weighted by molar-refractivity contribution is -0.123. The number of methoxy groups -OCH3 is 1. The molecule has 3 heterocycles. The number of amides is 1. The van der Waals surface area contributed by atoms with Gasteiger partial charge < -0.3 is 14.8 Å². The zero-order valence-electron chi connectivity index (χ0n) is 18.3. The van der Waals surface area contributed by atoms with Gasteiger partial charge in [-0.1, -0.05) is 24.3 Å². The van der Waals surface area contributed by atoms with Crippen molar-refractivity contribution in [3.63, 3.8) is 0 Å². The zero-order valence-corrected chi connectivity index (χ0v) is 18.3. The molecule has 0 radical (unpaired) electrons. The van der Waals surface area contributed by atoms with E-state index in [1.54, 1.807) is 23.8 Å². The Morgan fingerprint density at radius 3 is 2.76 bits per heavy atom. The highest BCUT2D eigenvalue weighted by molar-refractivity contribution is 6.19. The van der Waals surface area contributed by atoms with Crippen LogP contribution in [0.15, 0.2) is 66.1 Å². The van der Waals surface area contributed by atoms with E-state index < -0.39 is 0 Å². The van der Waals surface area contributed by atoms with Gasteiger partial charge in [0.05, 0.1) is 23.2 Å². The van der Waals surface area contributed by atoms with Gasteiger partial charge in [0.1, 0.15) is 5.75 Å². The number of hydrogen-bond donors (Lipinski definition) is 1. The highest BCUT2D eigenvalue weighted by atomic mass is 16.5. The Kier molecular flexibility index (Phi) is 5.40. The number of pyridine rings is 2. The molecule has 5 rings (SSSR count). The molecule has 3 aromatic heterocycles. The number of fused-ring (bicyclic) bond motifs is 5. The molecule has 0 unspecified atom stereocenters. The predicted molar refractivity (Wildman–Crippen MR) is 129 cm³/mol. The molecular formula is C26H23N3O4. The summed E-state index contributed by atoms with van der Waals surface area (Å²) in [6.45, 7) is 4.64. The molecule has 166 valence electrons. The van der Waals surface area contributed by atoms with Crippen molar-refractivity contribution in [3.05, 3.63) is 77.2 Å². The number of aromatic nitrogens is 2. The van der Waals surface area contributed by atoms with E-state index in [0.717, 1.165) is 38.3 Å². The molecule has 7 heteroatoms. The van der Waals surface area contributed by atoms with Gasteiger partial charge in [-0.05, 0) is 30.7 Å². The van der Waals surface area contributed by atoms with Crippen molar-refractivity contribution in [2.24, 2.45) is 0 Å². The van der Waals surface area contributed by atoms with E-state index in [4.69, 9.17) is 9.47 Å². The number of nitrogens with one attached hydrogen (secondary N) is 1. The van der Waals surface area contributed by atoms with E-state index in [1.807, 2.05) is 42.5 Å². The number of rotatable bonds is 8. The van der Waals surface area contributed by atoms with E-state index in [0.29, 0.717) is 30.7 Å². The van der Waals surface area contributed by atoms with Crippen molar-refractivity contribution >= 4 is 44.0 Å². The summed E-state index contributed by atoms with van der Waals surface area (Å²) in [6, 6.07) is 13.1. The first-order valence-corrected chi connectivity index (χ1v) is 10.7. The summed E-state index contributed by atoms with van der Waals surface area (Å²) in [7, 11) is 1.58. The molecule has 7 nitrogen and oxygen atoms in total. The highest BCUT2D eigenvalue weighted by Gasteiger charge is 2.21. The van der Waals surface area contributed by atoms with Crippen LogP contribution in [0.3, 0.4) is 0 Å². The summed E-state index contributed by atoms with van der Waals surface area (Å²) >= 11 is 0. The Balaban J connectivity index is 1.72. The van der Waals surface area contributed by atoms with E-state index in [2.05, 4.69) is 16.9 Å². The average molecular weight is 441 g/mol. The minimum absolute atomic E-state index is 0.0816. The van der Waals surface area contributed by atoms with Gasteiger partial charge in [-0.2, -0.15) is 0 Å². The summed E-state index contributed by atoms with van der Waals surface area (Å²) in [5, 5.41) is 6.04. The normalized spacial score (nSPS) is 11.5. The summed E-state index contributed by atoms with van der Waals surface area (Å²) in [5.74, 6) is 0.361. The van der Waals surface area contributed by atoms with Crippen LogP contribution in [0.1, 0.15) is 5.56 Å². The molecule has 0 aliphatic rings. The maximum Gasteiger partial charge on any atom is 0.263 e. The number of ether oxygens (including phenoxy) is 2. The van der Waals surface area contributed by atoms with Gasteiger partial charge in [-0.15, -0.1) is 6.58 Å². The Hall–Kier alpha value is -3.97. The van der Waals surface area contributed by atoms with Crippen molar-refractivity contribution in [2.45, 2.75) is 6.42 Å². The van der Waals surface area contributed by atoms with Crippen LogP contribution >= 0.6 is 0 Å². The fourth-order valence-corrected chi connectivity index (χ4v) is 4.48. The lowest BCUT2D eigenvalue weighted by atomic mass is 10.0. The molecule has 1 N–H and O–H groups in total. The molecular weight excluding hydrogens is 418 g/mol. The monoisotopic (exact) mass is 441 g/mol. The molecule has 0 spiro atoms. The van der Waals surface area contributed by atoms with Crippen LogP contribution in [0.2, 0.25) is 0 Å². The quantitative estimate of drug-likeness (QED) is 0.227. The minimum atomic E-state index is -0.228. The molecule has 0 saturated heterocycles. The number of hydrogen-bond acceptors (Lipinski definition) is 5. The lowest BCUT2D eigenvalue weighted by Crippen LogP contribution is -2.31. The number of allylic oxidation sites excluding steroid dienone is 1. The summed E-state index contributed by atoms with van der Waals surface area (Å²) in [6.07, 6.45) is 4.08. The Labute approximate surface area is 189 Å². The van der Waals surface area contributed by atoms with Gasteiger partial charge in [0.25, 0.3) is 11.5 Å². The summed E-state index contributed by atoms with van der Waals surface area (Å²) in [4.78, 5) is 30.2. The molecule has 1 amide bonds. The summed E-state index contributed by atoms with van der Waals surface area (Å²) < 4.78 is 12.6. The predicted octanol–water partition coefficient (Wildman–Crippen LogP) is 3.46. The van der Waals surface area contributed by atoms with Crippen LogP contribution in [0, 0.1) is 0 Å². The number of carbonyl (C=O) groups is 1. The molecule has 0 aliphatic carbocycles. The van der Waals surface area contributed by atoms with E-state index in [9.17, 15) is 9.59 Å². The Morgan fingerprint density at radius 2 is 1.97 bits per heavy atom. The van der Waals surface area contributed by atoms with Crippen LogP contribution in [-0.4, -0.2) is 42.2 Å². The molecule has 33 heavy (non-hydrogen) atoms. The Bertz CT molecular complexity index is 1570. The van der Waals surface area contributed by atoms with Gasteiger partial charge in [-0.25, -0.2) is 0 Å². The van der Waals surface area contributed by atoms with Crippen molar-refractivity contribution in [1.82, 2.24) is 14.7 Å². The maximum absolute atomic E-state index is 13.5. The largest absolute Gasteiger partial charge is 0.483 e. The second-order valence-corrected chi connectivity index (χ2v) is 7.80. The van der Waals surface area contributed by atoms with Crippen LogP contribution in [0.5, 0.6) is 5.75 Å². The first-order valence-electron chi connectivity index (χ1n) is 10.7. The average Bonchev–Trinajstić information content (AvgIpc) is 3.18. The van der Waals surface area contributed by atoms with Gasteiger partial charge >= 0.3 is 0 Å². The van der Waals surface area contributed by atoms with Crippen molar-refractivity contribution in [2.75, 3.05) is 26.9 Å². The van der Waals surface area contributed by atoms with Crippen LogP contribution < -0.4 is 15.6 Å². The summed E-state index contributed by atoms with van der Waals surface area (Å²) in [5.41, 5.74) is 3.15. The number of carbonyl (C=O) groups excluding carboxylic acids is 1. The topological polar surface area (TPSA) is 81.9 Å². The molecule has 2 aromatic carbocycles. The second kappa shape index (κ2) is 8.52. The Morgan fingerprint density at radius 1 is 1.15 bits per heavy atom. The van der Waals surface area contributed by atoms with Crippen molar-refractivity contribution in [3.8, 4) is 5.75 Å². The van der Waals surface area contributed by atoms with Gasteiger partial charge in [-0.3, -0.25) is 19.0 Å². The zero-order chi connectivity index (χ0) is 22.9. The fraction of sp³-hybridized carbons (Fsp3) is 0.192. The highest BCUT2D eigenvalue weighted by Crippen LogP contribution is 2.38. The third-order valence-corrected chi connectivity index (χ3v) is 5.86. The molecule has 0 saturated carbocycles. The number of benzene rings is 2. The van der Waals surface area contributed by atoms with Crippen molar-refractivity contribution < 1.29 is 14.3 Å². The van der Waals surface area contributed by atoms with Crippen molar-refractivity contribution in [1.29, 1.82) is 0 Å². The minimum Gasteiger partial charge on any atom is -0.483 e. The first-order chi connectivity index (χ1) is 16.2. The van der Waals surface area contributed by atoms with Gasteiger partial charge in [0, 0.05) is 47.0 Å². The third kappa shape index (κ3) is 3.37. The standard InChI is InChI=1S/C26H23N3O4/c1-3-6-18-21(33-15-22(30)27-13-14-32-2)10-9-20-23(18)19-11-12-28-24-16-7-4-5-8-17(16)26(31)29(20)25(19)24/h3-5,7-12H,1,6,13-15H2,2H3,(H,27,30). The third-order valence-electron chi connectivity index (χ3n) is 5.86. The molecule has 0 fully saturated rings. The second-order valence-electron chi connectivity index (χ2n) is 7.80. The van der Waals surface area contributed by atoms with E-state index >= 15 is 0 Å². The SMILES string of the molecule is C=CCc1c(OCC(=O)NCCOC)ccc2c1c1ccnc3c4ccccc4c(=O)n2c13. The van der Waals surface area contributed by atoms with Crippen LogP contribution in [-0.2, 0) is 16.0 Å². The van der Waals surface area contributed by atoms with Crippen LogP contribution in [0.4, 0.5) is 0 Å². The lowest BCUT2D eigenvalue weighted by Gasteiger charge is -2.12. The van der Waals surface area contributed by atoms with E-state index in [1.165, 1.54) is 0 Å². The number of nitrogens with zero attached hydrogens (tertiary/aromatic N) is 2. The van der Waals surface area contributed by atoms with E-state index in [-0.39, 0.29) is 18.1 Å². The fourth-order valence-electron chi connectivity index (χ4n) is 4.48.